The van der Waals surface area contributed by atoms with Gasteiger partial charge in [-0.3, -0.25) is 9.59 Å². The molecule has 0 spiro atoms. The average molecular weight is 267 g/mol. The zero-order chi connectivity index (χ0) is 13.7. The number of hydrogen-bond acceptors (Lipinski definition) is 3. The van der Waals surface area contributed by atoms with Crippen molar-refractivity contribution in [1.29, 1.82) is 0 Å². The maximum Gasteiger partial charge on any atom is 0.260 e. The molecule has 0 aromatic heterocycles. The number of ketones is 1. The first-order valence-electron chi connectivity index (χ1n) is 5.37. The van der Waals surface area contributed by atoms with E-state index >= 15 is 0 Å². The third-order valence-corrected chi connectivity index (χ3v) is 2.46. The van der Waals surface area contributed by atoms with Crippen LogP contribution in [0, 0.1) is 0 Å². The zero-order valence-electron chi connectivity index (χ0n) is 10.5. The van der Waals surface area contributed by atoms with Crippen LogP contribution in [0.15, 0.2) is 36.0 Å². The van der Waals surface area contributed by atoms with E-state index in [1.807, 2.05) is 0 Å². The van der Waals surface area contributed by atoms with Crippen LogP contribution in [0.4, 0.5) is 5.69 Å². The molecular formula is C13H15ClN2O2. The van der Waals surface area contributed by atoms with E-state index in [1.54, 1.807) is 43.3 Å². The summed E-state index contributed by atoms with van der Waals surface area (Å²) in [5.74, 6) is -0.766. The van der Waals surface area contributed by atoms with E-state index in [9.17, 15) is 9.59 Å². The number of para-hydroxylation sites is 1. The van der Waals surface area contributed by atoms with Crippen molar-refractivity contribution in [3.63, 3.8) is 0 Å². The lowest BCUT2D eigenvalue weighted by molar-refractivity contribution is -0.119. The van der Waals surface area contributed by atoms with Crippen LogP contribution in [-0.2, 0) is 9.59 Å². The SMILES string of the molecule is CC(=O)/C(=C\N(C)C)C(=O)Nc1ccccc1Cl. The minimum absolute atomic E-state index is 0.0833. The third-order valence-electron chi connectivity index (χ3n) is 2.13. The number of amides is 1. The molecule has 0 radical (unpaired) electrons. The molecule has 0 bridgehead atoms. The van der Waals surface area contributed by atoms with Crippen LogP contribution < -0.4 is 5.32 Å². The van der Waals surface area contributed by atoms with Gasteiger partial charge in [0.2, 0.25) is 0 Å². The van der Waals surface area contributed by atoms with Gasteiger partial charge in [-0.2, -0.15) is 0 Å². The van der Waals surface area contributed by atoms with Crippen molar-refractivity contribution in [3.05, 3.63) is 41.1 Å². The maximum atomic E-state index is 12.0. The molecule has 1 amide bonds. The number of carbonyl (C=O) groups is 2. The van der Waals surface area contributed by atoms with Gasteiger partial charge >= 0.3 is 0 Å². The number of hydrogen-bond donors (Lipinski definition) is 1. The Hall–Kier alpha value is -1.81. The number of benzene rings is 1. The number of rotatable bonds is 4. The highest BCUT2D eigenvalue weighted by Crippen LogP contribution is 2.21. The second-order valence-corrected chi connectivity index (χ2v) is 4.40. The van der Waals surface area contributed by atoms with E-state index in [0.717, 1.165) is 0 Å². The number of carbonyl (C=O) groups excluding carboxylic acids is 2. The molecule has 96 valence electrons. The van der Waals surface area contributed by atoms with Crippen molar-refractivity contribution in [3.8, 4) is 0 Å². The van der Waals surface area contributed by atoms with Gasteiger partial charge in [0, 0.05) is 20.3 Å². The predicted octanol–water partition coefficient (Wildman–Crippen LogP) is 2.31. The lowest BCUT2D eigenvalue weighted by Gasteiger charge is -2.11. The highest BCUT2D eigenvalue weighted by Gasteiger charge is 2.15. The van der Waals surface area contributed by atoms with E-state index in [2.05, 4.69) is 5.32 Å². The Kier molecular flexibility index (Phi) is 4.92. The normalized spacial score (nSPS) is 11.0. The van der Waals surface area contributed by atoms with E-state index in [4.69, 9.17) is 11.6 Å². The smallest absolute Gasteiger partial charge is 0.260 e. The van der Waals surface area contributed by atoms with Gasteiger partial charge in [0.15, 0.2) is 5.78 Å². The molecule has 0 saturated carbocycles. The van der Waals surface area contributed by atoms with E-state index in [1.165, 1.54) is 13.1 Å². The van der Waals surface area contributed by atoms with Crippen LogP contribution in [0.25, 0.3) is 0 Å². The monoisotopic (exact) mass is 266 g/mol. The lowest BCUT2D eigenvalue weighted by Crippen LogP contribution is -2.21. The van der Waals surface area contributed by atoms with Crippen molar-refractivity contribution in [2.24, 2.45) is 0 Å². The molecule has 0 aliphatic heterocycles. The maximum absolute atomic E-state index is 12.0. The Labute approximate surface area is 111 Å². The fraction of sp³-hybridized carbons (Fsp3) is 0.231. The first-order valence-corrected chi connectivity index (χ1v) is 5.74. The fourth-order valence-electron chi connectivity index (χ4n) is 1.32. The molecule has 1 N–H and O–H groups in total. The van der Waals surface area contributed by atoms with Gasteiger partial charge in [-0.15, -0.1) is 0 Å². The Morgan fingerprint density at radius 2 is 1.89 bits per heavy atom. The van der Waals surface area contributed by atoms with E-state index in [-0.39, 0.29) is 11.4 Å². The van der Waals surface area contributed by atoms with Crippen LogP contribution in [0.5, 0.6) is 0 Å². The summed E-state index contributed by atoms with van der Waals surface area (Å²) in [5.41, 5.74) is 0.565. The van der Waals surface area contributed by atoms with Gasteiger partial charge in [-0.25, -0.2) is 0 Å². The molecule has 1 rings (SSSR count). The average Bonchev–Trinajstić information content (AvgIpc) is 2.28. The standard InChI is InChI=1S/C13H15ClN2O2/c1-9(17)10(8-16(2)3)13(18)15-12-7-5-4-6-11(12)14/h4-8H,1-3H3,(H,15,18)/b10-8+. The van der Waals surface area contributed by atoms with Gasteiger partial charge in [0.1, 0.15) is 0 Å². The largest absolute Gasteiger partial charge is 0.383 e. The number of anilines is 1. The molecule has 0 unspecified atom stereocenters. The minimum atomic E-state index is -0.468. The van der Waals surface area contributed by atoms with Gasteiger partial charge in [0.25, 0.3) is 5.91 Å². The minimum Gasteiger partial charge on any atom is -0.383 e. The molecule has 0 aliphatic rings. The molecule has 1 aromatic carbocycles. The summed E-state index contributed by atoms with van der Waals surface area (Å²) in [6.45, 7) is 1.35. The van der Waals surface area contributed by atoms with Gasteiger partial charge in [0.05, 0.1) is 16.3 Å². The zero-order valence-corrected chi connectivity index (χ0v) is 11.3. The Bertz CT molecular complexity index is 496. The van der Waals surface area contributed by atoms with Crippen LogP contribution in [0.1, 0.15) is 6.92 Å². The van der Waals surface area contributed by atoms with Gasteiger partial charge in [-0.05, 0) is 19.1 Å². The summed E-state index contributed by atoms with van der Waals surface area (Å²) in [7, 11) is 3.48. The van der Waals surface area contributed by atoms with E-state index < -0.39 is 5.91 Å². The molecule has 4 nitrogen and oxygen atoms in total. The molecule has 5 heteroatoms. The summed E-state index contributed by atoms with van der Waals surface area (Å²) in [5, 5.41) is 3.04. The van der Waals surface area contributed by atoms with Crippen LogP contribution in [0.3, 0.4) is 0 Å². The van der Waals surface area contributed by atoms with Crippen LogP contribution in [0.2, 0.25) is 5.02 Å². The van der Waals surface area contributed by atoms with Crippen molar-refractivity contribution < 1.29 is 9.59 Å². The van der Waals surface area contributed by atoms with Gasteiger partial charge < -0.3 is 10.2 Å². The van der Waals surface area contributed by atoms with Crippen molar-refractivity contribution >= 4 is 29.0 Å². The van der Waals surface area contributed by atoms with Crippen molar-refractivity contribution in [2.75, 3.05) is 19.4 Å². The lowest BCUT2D eigenvalue weighted by atomic mass is 10.2. The summed E-state index contributed by atoms with van der Waals surface area (Å²) < 4.78 is 0. The van der Waals surface area contributed by atoms with Crippen molar-refractivity contribution in [1.82, 2.24) is 4.90 Å². The summed E-state index contributed by atoms with van der Waals surface area (Å²) >= 11 is 5.93. The first kappa shape index (κ1) is 14.3. The number of nitrogens with one attached hydrogen (secondary N) is 1. The van der Waals surface area contributed by atoms with Crippen LogP contribution >= 0.6 is 11.6 Å². The molecule has 1 aromatic rings. The topological polar surface area (TPSA) is 49.4 Å². The molecule has 0 heterocycles. The summed E-state index contributed by atoms with van der Waals surface area (Å²) in [6.07, 6.45) is 1.48. The van der Waals surface area contributed by atoms with E-state index in [0.29, 0.717) is 10.7 Å². The Balaban J connectivity index is 2.94. The number of nitrogens with zero attached hydrogens (tertiary/aromatic N) is 1. The Morgan fingerprint density at radius 3 is 2.39 bits per heavy atom. The number of Topliss-reactive ketones (excluding diaryl/α,β-unsaturated/α-hetero) is 1. The molecular weight excluding hydrogens is 252 g/mol. The predicted molar refractivity (Wildman–Crippen MR) is 72.5 cm³/mol. The number of halogens is 1. The highest BCUT2D eigenvalue weighted by molar-refractivity contribution is 6.34. The van der Waals surface area contributed by atoms with Crippen LogP contribution in [-0.4, -0.2) is 30.7 Å². The second kappa shape index (κ2) is 6.21. The second-order valence-electron chi connectivity index (χ2n) is 4.00. The molecule has 0 atom stereocenters. The van der Waals surface area contributed by atoms with Crippen molar-refractivity contribution in [2.45, 2.75) is 6.92 Å². The summed E-state index contributed by atoms with van der Waals surface area (Å²) in [6, 6.07) is 6.86. The first-order chi connectivity index (χ1) is 8.41. The molecule has 0 aliphatic carbocycles. The Morgan fingerprint density at radius 1 is 1.28 bits per heavy atom. The fourth-order valence-corrected chi connectivity index (χ4v) is 1.50. The molecule has 0 saturated heterocycles. The quantitative estimate of drug-likeness (QED) is 0.517. The molecule has 0 fully saturated rings. The highest BCUT2D eigenvalue weighted by atomic mass is 35.5. The molecule has 18 heavy (non-hydrogen) atoms. The third kappa shape index (κ3) is 3.89. The summed E-state index contributed by atoms with van der Waals surface area (Å²) in [4.78, 5) is 25.0. The van der Waals surface area contributed by atoms with Gasteiger partial charge in [-0.1, -0.05) is 23.7 Å².